The molecule has 0 N–H and O–H groups in total. The van der Waals surface area contributed by atoms with Gasteiger partial charge in [0.2, 0.25) is 11.6 Å². The summed E-state index contributed by atoms with van der Waals surface area (Å²) in [5, 5.41) is 1.45. The third kappa shape index (κ3) is 1.13. The molecule has 0 saturated carbocycles. The van der Waals surface area contributed by atoms with Crippen LogP contribution in [-0.4, -0.2) is 34.8 Å². The van der Waals surface area contributed by atoms with Crippen LogP contribution in [0, 0.1) is 0 Å². The maximum absolute atomic E-state index is 11.5. The van der Waals surface area contributed by atoms with Gasteiger partial charge in [0.05, 0.1) is 7.11 Å². The Morgan fingerprint density at radius 1 is 1.00 bits per heavy atom. The molecule has 1 aliphatic heterocycles. The van der Waals surface area contributed by atoms with Gasteiger partial charge in [-0.15, -0.1) is 0 Å². The molecule has 13 heavy (non-hydrogen) atoms. The maximum Gasteiger partial charge on any atom is 0.222 e. The number of rotatable bonds is 1. The number of hydroxylamine groups is 2. The van der Waals surface area contributed by atoms with E-state index < -0.39 is 11.1 Å². The number of ketones is 2. The van der Waals surface area contributed by atoms with Crippen molar-refractivity contribution in [2.24, 2.45) is 0 Å². The Balaban J connectivity index is 3.21. The Morgan fingerprint density at radius 3 is 1.46 bits per heavy atom. The first kappa shape index (κ1) is 10.3. The van der Waals surface area contributed by atoms with Crippen molar-refractivity contribution in [1.29, 1.82) is 0 Å². The van der Waals surface area contributed by atoms with E-state index in [1.807, 2.05) is 0 Å². The zero-order valence-electron chi connectivity index (χ0n) is 8.67. The highest BCUT2D eigenvalue weighted by molar-refractivity contribution is 6.45. The zero-order valence-corrected chi connectivity index (χ0v) is 8.67. The van der Waals surface area contributed by atoms with Crippen molar-refractivity contribution in [3.05, 3.63) is 0 Å². The third-order valence-electron chi connectivity index (χ3n) is 2.52. The molecule has 0 amide bonds. The highest BCUT2D eigenvalue weighted by Gasteiger charge is 2.58. The molecular weight excluding hydrogens is 170 g/mol. The van der Waals surface area contributed by atoms with E-state index in [9.17, 15) is 9.59 Å². The molecule has 4 nitrogen and oxygen atoms in total. The molecule has 0 aromatic carbocycles. The number of hydrogen-bond donors (Lipinski definition) is 0. The summed E-state index contributed by atoms with van der Waals surface area (Å²) in [5.74, 6) is -0.779. The Bertz CT molecular complexity index is 242. The van der Waals surface area contributed by atoms with Crippen LogP contribution in [0.4, 0.5) is 0 Å². The van der Waals surface area contributed by atoms with E-state index in [1.54, 1.807) is 27.7 Å². The van der Waals surface area contributed by atoms with Crippen LogP contribution in [0.1, 0.15) is 27.7 Å². The lowest BCUT2D eigenvalue weighted by Crippen LogP contribution is -2.49. The van der Waals surface area contributed by atoms with Crippen LogP contribution in [-0.2, 0) is 14.4 Å². The molecule has 1 heterocycles. The molecule has 4 heteroatoms. The summed E-state index contributed by atoms with van der Waals surface area (Å²) < 4.78 is 0. The van der Waals surface area contributed by atoms with E-state index in [0.717, 1.165) is 0 Å². The van der Waals surface area contributed by atoms with Crippen molar-refractivity contribution in [1.82, 2.24) is 5.06 Å². The van der Waals surface area contributed by atoms with Crippen LogP contribution < -0.4 is 0 Å². The first-order valence-corrected chi connectivity index (χ1v) is 4.20. The van der Waals surface area contributed by atoms with Crippen molar-refractivity contribution in [3.8, 4) is 0 Å². The number of carbonyl (C=O) groups excluding carboxylic acids is 2. The molecular formula is C9H15NO3. The van der Waals surface area contributed by atoms with Gasteiger partial charge in [-0.25, -0.2) is 0 Å². The van der Waals surface area contributed by atoms with E-state index in [1.165, 1.54) is 12.2 Å². The summed E-state index contributed by atoms with van der Waals surface area (Å²) in [6.45, 7) is 6.74. The van der Waals surface area contributed by atoms with Crippen molar-refractivity contribution in [2.75, 3.05) is 7.11 Å². The second-order valence-electron chi connectivity index (χ2n) is 4.25. The largest absolute Gasteiger partial charge is 0.300 e. The predicted molar refractivity (Wildman–Crippen MR) is 47.0 cm³/mol. The van der Waals surface area contributed by atoms with Crippen LogP contribution >= 0.6 is 0 Å². The zero-order chi connectivity index (χ0) is 10.4. The number of carbonyl (C=O) groups is 2. The Labute approximate surface area is 77.8 Å². The van der Waals surface area contributed by atoms with E-state index in [-0.39, 0.29) is 11.6 Å². The number of Topliss-reactive ketones (excluding diaryl/α,β-unsaturated/α-hetero) is 2. The Morgan fingerprint density at radius 2 is 1.31 bits per heavy atom. The van der Waals surface area contributed by atoms with Gasteiger partial charge in [-0.1, -0.05) is 0 Å². The maximum atomic E-state index is 11.5. The molecule has 0 unspecified atom stereocenters. The summed E-state index contributed by atoms with van der Waals surface area (Å²) in [5.41, 5.74) is -1.70. The highest BCUT2D eigenvalue weighted by atomic mass is 16.7. The van der Waals surface area contributed by atoms with Gasteiger partial charge < -0.3 is 4.84 Å². The molecule has 0 radical (unpaired) electrons. The molecule has 1 rings (SSSR count). The fourth-order valence-corrected chi connectivity index (χ4v) is 1.90. The first-order chi connectivity index (χ1) is 5.76. The standard InChI is InChI=1S/C9H15NO3/c1-8(2)6(11)7(12)9(3,4)10(8)13-5/h1-5H3. The van der Waals surface area contributed by atoms with Gasteiger partial charge in [0.1, 0.15) is 11.1 Å². The lowest BCUT2D eigenvalue weighted by atomic mass is 9.98. The summed E-state index contributed by atoms with van der Waals surface area (Å²) >= 11 is 0. The fraction of sp³-hybridized carbons (Fsp3) is 0.778. The minimum atomic E-state index is -0.852. The Hall–Kier alpha value is -0.740. The average Bonchev–Trinajstić information content (AvgIpc) is 2.10. The first-order valence-electron chi connectivity index (χ1n) is 4.20. The topological polar surface area (TPSA) is 46.6 Å². The monoisotopic (exact) mass is 185 g/mol. The second-order valence-corrected chi connectivity index (χ2v) is 4.25. The minimum absolute atomic E-state index is 0.389. The van der Waals surface area contributed by atoms with E-state index in [2.05, 4.69) is 0 Å². The molecule has 0 spiro atoms. The lowest BCUT2D eigenvalue weighted by molar-refractivity contribution is -0.217. The van der Waals surface area contributed by atoms with E-state index >= 15 is 0 Å². The normalized spacial score (nSPS) is 26.8. The number of nitrogens with zero attached hydrogens (tertiary/aromatic N) is 1. The van der Waals surface area contributed by atoms with Crippen LogP contribution in [0.3, 0.4) is 0 Å². The van der Waals surface area contributed by atoms with Crippen LogP contribution in [0.5, 0.6) is 0 Å². The van der Waals surface area contributed by atoms with Gasteiger partial charge in [-0.3, -0.25) is 9.59 Å². The van der Waals surface area contributed by atoms with Crippen molar-refractivity contribution < 1.29 is 14.4 Å². The lowest BCUT2D eigenvalue weighted by Gasteiger charge is -2.34. The quantitative estimate of drug-likeness (QED) is 0.560. The van der Waals surface area contributed by atoms with E-state index in [0.29, 0.717) is 0 Å². The molecule has 1 fully saturated rings. The van der Waals surface area contributed by atoms with Gasteiger partial charge in [-0.2, -0.15) is 5.06 Å². The molecule has 74 valence electrons. The highest BCUT2D eigenvalue weighted by Crippen LogP contribution is 2.35. The fourth-order valence-electron chi connectivity index (χ4n) is 1.90. The summed E-state index contributed by atoms with van der Waals surface area (Å²) in [6.07, 6.45) is 0. The molecule has 1 saturated heterocycles. The SMILES string of the molecule is CON1C(C)(C)C(=O)C(=O)C1(C)C. The van der Waals surface area contributed by atoms with Gasteiger partial charge in [0.15, 0.2) is 0 Å². The van der Waals surface area contributed by atoms with Gasteiger partial charge in [0, 0.05) is 0 Å². The van der Waals surface area contributed by atoms with Crippen molar-refractivity contribution in [2.45, 2.75) is 38.8 Å². The van der Waals surface area contributed by atoms with Gasteiger partial charge in [0.25, 0.3) is 0 Å². The van der Waals surface area contributed by atoms with Crippen LogP contribution in [0.25, 0.3) is 0 Å². The molecule has 0 atom stereocenters. The average molecular weight is 185 g/mol. The smallest absolute Gasteiger partial charge is 0.222 e. The summed E-state index contributed by atoms with van der Waals surface area (Å²) in [4.78, 5) is 28.2. The number of hydrogen-bond acceptors (Lipinski definition) is 4. The van der Waals surface area contributed by atoms with Crippen molar-refractivity contribution >= 4 is 11.6 Å². The molecule has 0 aromatic heterocycles. The predicted octanol–water partition coefficient (Wildman–Crippen LogP) is 0.559. The third-order valence-corrected chi connectivity index (χ3v) is 2.52. The summed E-state index contributed by atoms with van der Waals surface area (Å²) in [6, 6.07) is 0. The van der Waals surface area contributed by atoms with Gasteiger partial charge >= 0.3 is 0 Å². The Kier molecular flexibility index (Phi) is 2.09. The van der Waals surface area contributed by atoms with Crippen molar-refractivity contribution in [3.63, 3.8) is 0 Å². The van der Waals surface area contributed by atoms with Gasteiger partial charge in [-0.05, 0) is 27.7 Å². The molecule has 1 aliphatic rings. The summed E-state index contributed by atoms with van der Waals surface area (Å²) in [7, 11) is 1.47. The second kappa shape index (κ2) is 2.62. The minimum Gasteiger partial charge on any atom is -0.300 e. The van der Waals surface area contributed by atoms with Crippen LogP contribution in [0.2, 0.25) is 0 Å². The van der Waals surface area contributed by atoms with E-state index in [4.69, 9.17) is 4.84 Å². The van der Waals surface area contributed by atoms with Crippen LogP contribution in [0.15, 0.2) is 0 Å². The molecule has 0 aromatic rings. The molecule has 0 bridgehead atoms. The molecule has 0 aliphatic carbocycles.